The quantitative estimate of drug-likeness (QED) is 0.891. The molecule has 0 bridgehead atoms. The molecule has 1 N–H and O–H groups in total. The molecule has 0 saturated heterocycles. The highest BCUT2D eigenvalue weighted by Gasteiger charge is 2.20. The average Bonchev–Trinajstić information content (AvgIpc) is 3.23. The molecule has 1 saturated carbocycles. The minimum atomic E-state index is 0.716. The van der Waals surface area contributed by atoms with Gasteiger partial charge in [0, 0.05) is 24.1 Å². The van der Waals surface area contributed by atoms with Crippen molar-refractivity contribution < 1.29 is 4.74 Å². The lowest BCUT2D eigenvalue weighted by atomic mass is 10.2. The summed E-state index contributed by atoms with van der Waals surface area (Å²) in [5.41, 5.74) is 3.20. The Labute approximate surface area is 133 Å². The van der Waals surface area contributed by atoms with E-state index in [9.17, 15) is 0 Å². The molecule has 21 heavy (non-hydrogen) atoms. The van der Waals surface area contributed by atoms with Crippen LogP contribution in [0.3, 0.4) is 0 Å². The molecule has 112 valence electrons. The predicted molar refractivity (Wildman–Crippen MR) is 86.8 cm³/mol. The Morgan fingerprint density at radius 3 is 2.71 bits per heavy atom. The molecule has 0 radical (unpaired) electrons. The van der Waals surface area contributed by atoms with E-state index in [0.29, 0.717) is 6.04 Å². The first-order valence-electron chi connectivity index (χ1n) is 7.24. The van der Waals surface area contributed by atoms with Crippen LogP contribution in [0.25, 0.3) is 0 Å². The van der Waals surface area contributed by atoms with Gasteiger partial charge in [0.1, 0.15) is 11.4 Å². The van der Waals surface area contributed by atoms with Gasteiger partial charge in [-0.15, -0.1) is 0 Å². The first kappa shape index (κ1) is 14.6. The molecule has 5 heteroatoms. The van der Waals surface area contributed by atoms with Gasteiger partial charge < -0.3 is 10.1 Å². The van der Waals surface area contributed by atoms with Crippen LogP contribution in [0.1, 0.15) is 29.8 Å². The van der Waals surface area contributed by atoms with E-state index in [4.69, 9.17) is 4.74 Å². The second kappa shape index (κ2) is 5.81. The maximum absolute atomic E-state index is 6.00. The van der Waals surface area contributed by atoms with Crippen LogP contribution >= 0.6 is 15.9 Å². The number of ether oxygens (including phenoxy) is 1. The minimum absolute atomic E-state index is 0.716. The van der Waals surface area contributed by atoms with Gasteiger partial charge in [0.25, 0.3) is 0 Å². The highest BCUT2D eigenvalue weighted by molar-refractivity contribution is 9.10. The number of benzene rings is 1. The fraction of sp³-hybridized carbons (Fsp3) is 0.438. The van der Waals surface area contributed by atoms with E-state index in [1.165, 1.54) is 18.4 Å². The maximum Gasteiger partial charge on any atom is 0.171 e. The molecule has 1 heterocycles. The predicted octanol–water partition coefficient (Wildman–Crippen LogP) is 3.84. The van der Waals surface area contributed by atoms with E-state index >= 15 is 0 Å². The Morgan fingerprint density at radius 2 is 2.14 bits per heavy atom. The van der Waals surface area contributed by atoms with Crippen molar-refractivity contribution in [1.82, 2.24) is 15.1 Å². The summed E-state index contributed by atoms with van der Waals surface area (Å²) >= 11 is 3.63. The summed E-state index contributed by atoms with van der Waals surface area (Å²) in [6.45, 7) is 4.88. The largest absolute Gasteiger partial charge is 0.453 e. The summed E-state index contributed by atoms with van der Waals surface area (Å²) in [7, 11) is 1.93. The first-order chi connectivity index (χ1) is 10.0. The van der Waals surface area contributed by atoms with Crippen LogP contribution < -0.4 is 10.1 Å². The topological polar surface area (TPSA) is 39.1 Å². The smallest absolute Gasteiger partial charge is 0.171 e. The van der Waals surface area contributed by atoms with Crippen molar-refractivity contribution in [2.75, 3.05) is 0 Å². The summed E-state index contributed by atoms with van der Waals surface area (Å²) in [6.07, 6.45) is 2.61. The molecular weight excluding hydrogens is 330 g/mol. The van der Waals surface area contributed by atoms with E-state index in [2.05, 4.69) is 32.4 Å². The summed E-state index contributed by atoms with van der Waals surface area (Å²) < 4.78 is 8.92. The molecule has 4 nitrogen and oxygen atoms in total. The van der Waals surface area contributed by atoms with Gasteiger partial charge in [0.05, 0.1) is 5.69 Å². The number of aryl methyl sites for hydroxylation is 2. The van der Waals surface area contributed by atoms with Crippen molar-refractivity contribution in [2.24, 2.45) is 7.05 Å². The van der Waals surface area contributed by atoms with Gasteiger partial charge >= 0.3 is 0 Å². The Hall–Kier alpha value is -1.33. The van der Waals surface area contributed by atoms with Gasteiger partial charge in [-0.2, -0.15) is 5.10 Å². The molecule has 1 aromatic heterocycles. The van der Waals surface area contributed by atoms with E-state index in [1.807, 2.05) is 37.7 Å². The van der Waals surface area contributed by atoms with Gasteiger partial charge in [-0.05, 0) is 44.4 Å². The highest BCUT2D eigenvalue weighted by Crippen LogP contribution is 2.31. The third kappa shape index (κ3) is 3.30. The second-order valence-corrected chi connectivity index (χ2v) is 6.49. The number of rotatable bonds is 5. The molecule has 1 aromatic carbocycles. The summed E-state index contributed by atoms with van der Waals surface area (Å²) in [5.74, 6) is 1.67. The van der Waals surface area contributed by atoms with Gasteiger partial charge in [-0.3, -0.25) is 4.68 Å². The zero-order chi connectivity index (χ0) is 15.0. The molecule has 0 amide bonds. The number of nitrogens with zero attached hydrogens (tertiary/aromatic N) is 2. The Kier molecular flexibility index (Phi) is 4.04. The van der Waals surface area contributed by atoms with Crippen LogP contribution in [0.2, 0.25) is 0 Å². The minimum Gasteiger partial charge on any atom is -0.453 e. The van der Waals surface area contributed by atoms with E-state index < -0.39 is 0 Å². The monoisotopic (exact) mass is 349 g/mol. The van der Waals surface area contributed by atoms with Crippen molar-refractivity contribution in [3.63, 3.8) is 0 Å². The van der Waals surface area contributed by atoms with Crippen LogP contribution in [0.4, 0.5) is 0 Å². The van der Waals surface area contributed by atoms with Crippen molar-refractivity contribution in [1.29, 1.82) is 0 Å². The summed E-state index contributed by atoms with van der Waals surface area (Å²) in [6, 6.07) is 6.86. The zero-order valence-corrected chi connectivity index (χ0v) is 14.2. The summed E-state index contributed by atoms with van der Waals surface area (Å²) in [5, 5.41) is 7.89. The number of nitrogens with one attached hydrogen (secondary N) is 1. The van der Waals surface area contributed by atoms with Crippen LogP contribution in [-0.4, -0.2) is 15.8 Å². The van der Waals surface area contributed by atoms with Crippen LogP contribution in [-0.2, 0) is 13.6 Å². The van der Waals surface area contributed by atoms with Crippen molar-refractivity contribution in [2.45, 2.75) is 39.3 Å². The van der Waals surface area contributed by atoms with E-state index in [-0.39, 0.29) is 0 Å². The SMILES string of the molecule is Cc1nn(C)c(C)c1Oc1ccc(CNC2CC2)c(Br)c1. The zero-order valence-electron chi connectivity index (χ0n) is 12.6. The molecule has 0 atom stereocenters. The van der Waals surface area contributed by atoms with Crippen LogP contribution in [0, 0.1) is 13.8 Å². The maximum atomic E-state index is 6.00. The van der Waals surface area contributed by atoms with Gasteiger partial charge in [-0.25, -0.2) is 0 Å². The molecule has 0 unspecified atom stereocenters. The highest BCUT2D eigenvalue weighted by atomic mass is 79.9. The lowest BCUT2D eigenvalue weighted by molar-refractivity contribution is 0.473. The molecule has 0 spiro atoms. The van der Waals surface area contributed by atoms with Crippen molar-refractivity contribution in [3.8, 4) is 11.5 Å². The van der Waals surface area contributed by atoms with E-state index in [1.54, 1.807) is 0 Å². The molecule has 1 fully saturated rings. The first-order valence-corrected chi connectivity index (χ1v) is 8.03. The number of hydrogen-bond donors (Lipinski definition) is 1. The van der Waals surface area contributed by atoms with Crippen LogP contribution in [0.5, 0.6) is 11.5 Å². The molecule has 1 aliphatic rings. The second-order valence-electron chi connectivity index (χ2n) is 5.63. The Balaban J connectivity index is 1.74. The van der Waals surface area contributed by atoms with E-state index in [0.717, 1.165) is 33.9 Å². The molecular formula is C16H20BrN3O. The molecule has 2 aromatic rings. The number of aromatic nitrogens is 2. The molecule has 0 aliphatic heterocycles. The average molecular weight is 350 g/mol. The van der Waals surface area contributed by atoms with Gasteiger partial charge in [0.15, 0.2) is 5.75 Å². The van der Waals surface area contributed by atoms with Gasteiger partial charge in [0.2, 0.25) is 0 Å². The van der Waals surface area contributed by atoms with Crippen molar-refractivity contribution >= 4 is 15.9 Å². The Morgan fingerprint density at radius 1 is 1.38 bits per heavy atom. The third-order valence-corrected chi connectivity index (χ3v) is 4.58. The number of halogens is 1. The fourth-order valence-electron chi connectivity index (χ4n) is 2.30. The molecule has 3 rings (SSSR count). The van der Waals surface area contributed by atoms with Crippen molar-refractivity contribution in [3.05, 3.63) is 39.6 Å². The molecule has 1 aliphatic carbocycles. The number of hydrogen-bond acceptors (Lipinski definition) is 3. The van der Waals surface area contributed by atoms with Gasteiger partial charge in [-0.1, -0.05) is 22.0 Å². The third-order valence-electron chi connectivity index (χ3n) is 3.85. The lowest BCUT2D eigenvalue weighted by Gasteiger charge is -2.10. The lowest BCUT2D eigenvalue weighted by Crippen LogP contribution is -2.15. The Bertz CT molecular complexity index is 662. The normalized spacial score (nSPS) is 14.5. The standard InChI is InChI=1S/C16H20BrN3O/c1-10-16(11(2)20(3)19-10)21-14-7-4-12(15(17)8-14)9-18-13-5-6-13/h4,7-8,13,18H,5-6,9H2,1-3H3. The fourth-order valence-corrected chi connectivity index (χ4v) is 2.79. The summed E-state index contributed by atoms with van der Waals surface area (Å²) in [4.78, 5) is 0. The van der Waals surface area contributed by atoms with Crippen LogP contribution in [0.15, 0.2) is 22.7 Å².